The van der Waals surface area contributed by atoms with E-state index in [1.54, 1.807) is 0 Å². The van der Waals surface area contributed by atoms with Gasteiger partial charge in [0.15, 0.2) is 5.78 Å². The van der Waals surface area contributed by atoms with Crippen molar-refractivity contribution in [1.82, 2.24) is 0 Å². The maximum absolute atomic E-state index is 12.0. The first kappa shape index (κ1) is 12.8. The average molecular weight is 269 g/mol. The van der Waals surface area contributed by atoms with Crippen LogP contribution in [-0.4, -0.2) is 17.5 Å². The van der Waals surface area contributed by atoms with Gasteiger partial charge in [0.1, 0.15) is 6.61 Å². The third kappa shape index (κ3) is 2.54. The van der Waals surface area contributed by atoms with Crippen LogP contribution in [-0.2, 0) is 20.9 Å². The van der Waals surface area contributed by atoms with Gasteiger partial charge in [0, 0.05) is 18.4 Å². The van der Waals surface area contributed by atoms with Crippen molar-refractivity contribution in [2.24, 2.45) is 4.99 Å². The molecule has 0 saturated carbocycles. The molecular formula is C16H15NO3. The van der Waals surface area contributed by atoms with E-state index in [1.807, 2.05) is 30.3 Å². The van der Waals surface area contributed by atoms with Crippen LogP contribution >= 0.6 is 0 Å². The van der Waals surface area contributed by atoms with Crippen molar-refractivity contribution >= 4 is 17.5 Å². The molecular weight excluding hydrogens is 254 g/mol. The Morgan fingerprint density at radius 2 is 1.85 bits per heavy atom. The monoisotopic (exact) mass is 269 g/mol. The van der Waals surface area contributed by atoms with E-state index in [1.165, 1.54) is 0 Å². The quantitative estimate of drug-likeness (QED) is 0.829. The zero-order valence-corrected chi connectivity index (χ0v) is 11.1. The highest BCUT2D eigenvalue weighted by Gasteiger charge is 2.29. The van der Waals surface area contributed by atoms with Crippen molar-refractivity contribution in [1.29, 1.82) is 0 Å². The summed E-state index contributed by atoms with van der Waals surface area (Å²) in [5, 5.41) is 0. The van der Waals surface area contributed by atoms with Crippen LogP contribution in [0, 0.1) is 0 Å². The number of ether oxygens (including phenoxy) is 1. The first-order valence-corrected chi connectivity index (χ1v) is 6.78. The van der Waals surface area contributed by atoms with Crippen molar-refractivity contribution in [3.05, 3.63) is 47.2 Å². The molecule has 3 rings (SSSR count). The summed E-state index contributed by atoms with van der Waals surface area (Å²) >= 11 is 0. The Kier molecular flexibility index (Phi) is 3.46. The molecule has 102 valence electrons. The summed E-state index contributed by atoms with van der Waals surface area (Å²) in [6.07, 6.45) is 2.23. The normalized spacial score (nSPS) is 18.7. The fourth-order valence-electron chi connectivity index (χ4n) is 2.46. The number of carbonyl (C=O) groups is 2. The minimum atomic E-state index is -0.199. The second-order valence-corrected chi connectivity index (χ2v) is 4.99. The Bertz CT molecular complexity index is 614. The molecule has 0 amide bonds. The number of nitrogens with zero attached hydrogens (tertiary/aromatic N) is 1. The van der Waals surface area contributed by atoms with Gasteiger partial charge in [-0.05, 0) is 18.4 Å². The van der Waals surface area contributed by atoms with E-state index in [0.29, 0.717) is 18.6 Å². The van der Waals surface area contributed by atoms with Gasteiger partial charge < -0.3 is 4.74 Å². The predicted molar refractivity (Wildman–Crippen MR) is 74.2 cm³/mol. The molecule has 0 N–H and O–H groups in total. The summed E-state index contributed by atoms with van der Waals surface area (Å²) in [6, 6.07) is 9.64. The predicted octanol–water partition coefficient (Wildman–Crippen LogP) is 2.58. The summed E-state index contributed by atoms with van der Waals surface area (Å²) in [4.78, 5) is 28.0. The van der Waals surface area contributed by atoms with Crippen LogP contribution in [0.2, 0.25) is 0 Å². The minimum absolute atomic E-state index is 0.0606. The smallest absolute Gasteiger partial charge is 0.258 e. The molecule has 4 heteroatoms. The maximum atomic E-state index is 12.0. The first-order valence-electron chi connectivity index (χ1n) is 6.78. The van der Waals surface area contributed by atoms with Crippen molar-refractivity contribution in [3.63, 3.8) is 0 Å². The van der Waals surface area contributed by atoms with Crippen LogP contribution in [0.3, 0.4) is 0 Å². The first-order chi connectivity index (χ1) is 9.74. The Balaban J connectivity index is 1.76. The molecule has 20 heavy (non-hydrogen) atoms. The fraction of sp³-hybridized carbons (Fsp3) is 0.312. The van der Waals surface area contributed by atoms with E-state index in [-0.39, 0.29) is 23.9 Å². The molecule has 1 aromatic rings. The summed E-state index contributed by atoms with van der Waals surface area (Å²) in [5.74, 6) is 0.00249. The number of benzene rings is 1. The van der Waals surface area contributed by atoms with Gasteiger partial charge in [-0.25, -0.2) is 4.99 Å². The number of Topliss-reactive ketones (excluding diaryl/α,β-unsaturated/α-hetero) is 2. The van der Waals surface area contributed by atoms with Gasteiger partial charge in [-0.1, -0.05) is 30.3 Å². The molecule has 2 aliphatic rings. The van der Waals surface area contributed by atoms with Gasteiger partial charge in [0.05, 0.1) is 5.70 Å². The number of ketones is 2. The van der Waals surface area contributed by atoms with Crippen LogP contribution < -0.4 is 0 Å². The number of rotatable bonds is 2. The molecule has 0 saturated heterocycles. The minimum Gasteiger partial charge on any atom is -0.470 e. The highest BCUT2D eigenvalue weighted by atomic mass is 16.5. The third-order valence-corrected chi connectivity index (χ3v) is 3.53. The van der Waals surface area contributed by atoms with Crippen LogP contribution in [0.4, 0.5) is 0 Å². The van der Waals surface area contributed by atoms with Gasteiger partial charge in [-0.15, -0.1) is 0 Å². The number of aliphatic imine (C=N–C) groups is 1. The number of hydrogen-bond donors (Lipinski definition) is 0. The average Bonchev–Trinajstić information content (AvgIpc) is 2.47. The molecule has 0 bridgehead atoms. The van der Waals surface area contributed by atoms with E-state index in [0.717, 1.165) is 24.1 Å². The van der Waals surface area contributed by atoms with Crippen molar-refractivity contribution < 1.29 is 14.3 Å². The van der Waals surface area contributed by atoms with Crippen LogP contribution in [0.25, 0.3) is 0 Å². The largest absolute Gasteiger partial charge is 0.470 e. The lowest BCUT2D eigenvalue weighted by Gasteiger charge is -2.21. The lowest BCUT2D eigenvalue weighted by atomic mass is 9.90. The molecule has 0 spiro atoms. The lowest BCUT2D eigenvalue weighted by Crippen LogP contribution is -2.26. The molecule has 0 unspecified atom stereocenters. The van der Waals surface area contributed by atoms with Gasteiger partial charge in [-0.2, -0.15) is 0 Å². The fourth-order valence-corrected chi connectivity index (χ4v) is 2.46. The highest BCUT2D eigenvalue weighted by Crippen LogP contribution is 2.29. The summed E-state index contributed by atoms with van der Waals surface area (Å²) in [6.45, 7) is 0.321. The van der Waals surface area contributed by atoms with E-state index in [4.69, 9.17) is 4.74 Å². The van der Waals surface area contributed by atoms with Gasteiger partial charge in [0.2, 0.25) is 5.78 Å². The van der Waals surface area contributed by atoms with E-state index < -0.39 is 0 Å². The number of hydrogen-bond acceptors (Lipinski definition) is 4. The summed E-state index contributed by atoms with van der Waals surface area (Å²) in [5.41, 5.74) is 2.32. The Hall–Kier alpha value is -2.23. The molecule has 0 aromatic heterocycles. The molecule has 0 atom stereocenters. The van der Waals surface area contributed by atoms with Crippen LogP contribution in [0.5, 0.6) is 0 Å². The number of allylic oxidation sites excluding steroid dienone is 2. The lowest BCUT2D eigenvalue weighted by molar-refractivity contribution is -0.119. The topological polar surface area (TPSA) is 55.7 Å². The number of carbonyl (C=O) groups excluding carboxylic acids is 2. The molecule has 1 aliphatic carbocycles. The SMILES string of the molecule is O=C1CC2=C(CCCC2=O)N=C1OCc1ccccc1. The van der Waals surface area contributed by atoms with E-state index in [2.05, 4.69) is 4.99 Å². The molecule has 4 nitrogen and oxygen atoms in total. The van der Waals surface area contributed by atoms with Crippen molar-refractivity contribution in [2.75, 3.05) is 0 Å². The molecule has 1 aromatic carbocycles. The Labute approximate surface area is 117 Å². The van der Waals surface area contributed by atoms with Gasteiger partial charge in [-0.3, -0.25) is 9.59 Å². The molecule has 0 radical (unpaired) electrons. The summed E-state index contributed by atoms with van der Waals surface area (Å²) in [7, 11) is 0. The molecule has 1 aliphatic heterocycles. The zero-order valence-electron chi connectivity index (χ0n) is 11.1. The zero-order chi connectivity index (χ0) is 13.9. The second-order valence-electron chi connectivity index (χ2n) is 4.99. The Morgan fingerprint density at radius 1 is 1.05 bits per heavy atom. The van der Waals surface area contributed by atoms with Gasteiger partial charge >= 0.3 is 0 Å². The highest BCUT2D eigenvalue weighted by molar-refractivity contribution is 6.38. The standard InChI is InChI=1S/C16H15NO3/c18-14-8-4-7-13-12(14)9-15(19)16(17-13)20-10-11-5-2-1-3-6-11/h1-3,5-6H,4,7-10H2. The molecule has 0 fully saturated rings. The summed E-state index contributed by atoms with van der Waals surface area (Å²) < 4.78 is 5.52. The van der Waals surface area contributed by atoms with E-state index >= 15 is 0 Å². The van der Waals surface area contributed by atoms with Gasteiger partial charge in [0.25, 0.3) is 5.90 Å². The maximum Gasteiger partial charge on any atom is 0.258 e. The van der Waals surface area contributed by atoms with Crippen molar-refractivity contribution in [2.45, 2.75) is 32.3 Å². The molecule has 1 heterocycles. The van der Waals surface area contributed by atoms with Crippen molar-refractivity contribution in [3.8, 4) is 0 Å². The van der Waals surface area contributed by atoms with Crippen LogP contribution in [0.1, 0.15) is 31.2 Å². The third-order valence-electron chi connectivity index (χ3n) is 3.53. The van der Waals surface area contributed by atoms with E-state index in [9.17, 15) is 9.59 Å². The second kappa shape index (κ2) is 5.41. The Morgan fingerprint density at radius 3 is 2.65 bits per heavy atom. The van der Waals surface area contributed by atoms with Crippen LogP contribution in [0.15, 0.2) is 46.6 Å².